The monoisotopic (exact) mass is 340 g/mol. The van der Waals surface area contributed by atoms with E-state index in [1.54, 1.807) is 0 Å². The Hall–Kier alpha value is -1.78. The number of nitrogens with zero attached hydrogens (tertiary/aromatic N) is 2. The average molecular weight is 340 g/mol. The van der Waals surface area contributed by atoms with Crippen molar-refractivity contribution in [1.29, 1.82) is 0 Å². The predicted octanol–water partition coefficient (Wildman–Crippen LogP) is 4.77. The summed E-state index contributed by atoms with van der Waals surface area (Å²) in [6.07, 6.45) is 1.91. The van der Waals surface area contributed by atoms with Crippen molar-refractivity contribution in [2.24, 2.45) is 0 Å². The fourth-order valence-corrected chi connectivity index (χ4v) is 3.37. The van der Waals surface area contributed by atoms with E-state index in [0.717, 1.165) is 24.4 Å². The van der Waals surface area contributed by atoms with Crippen molar-refractivity contribution >= 4 is 22.8 Å². The van der Waals surface area contributed by atoms with E-state index in [1.165, 1.54) is 27.1 Å². The molecular formula is C20H24N2OS. The highest BCUT2D eigenvalue weighted by atomic mass is 32.2. The molecule has 0 amide bonds. The van der Waals surface area contributed by atoms with Crippen molar-refractivity contribution in [1.82, 2.24) is 9.55 Å². The van der Waals surface area contributed by atoms with Gasteiger partial charge in [-0.15, -0.1) is 11.8 Å². The van der Waals surface area contributed by atoms with Crippen molar-refractivity contribution < 1.29 is 4.74 Å². The van der Waals surface area contributed by atoms with Crippen LogP contribution in [0.2, 0.25) is 0 Å². The molecule has 0 saturated carbocycles. The van der Waals surface area contributed by atoms with Crippen LogP contribution < -0.4 is 0 Å². The van der Waals surface area contributed by atoms with Crippen molar-refractivity contribution in [2.75, 3.05) is 19.0 Å². The lowest BCUT2D eigenvalue weighted by atomic mass is 10.1. The summed E-state index contributed by atoms with van der Waals surface area (Å²) in [6.45, 7) is 8.71. The highest BCUT2D eigenvalue weighted by molar-refractivity contribution is 7.99. The van der Waals surface area contributed by atoms with Gasteiger partial charge in [-0.25, -0.2) is 4.98 Å². The Balaban J connectivity index is 1.43. The fraction of sp³-hybridized carbons (Fsp3) is 0.350. The van der Waals surface area contributed by atoms with Crippen LogP contribution in [-0.2, 0) is 11.3 Å². The Morgan fingerprint density at radius 1 is 1.00 bits per heavy atom. The van der Waals surface area contributed by atoms with Crippen LogP contribution in [-0.4, -0.2) is 28.5 Å². The molecule has 0 bridgehead atoms. The van der Waals surface area contributed by atoms with Crippen LogP contribution in [0.25, 0.3) is 11.0 Å². The van der Waals surface area contributed by atoms with Crippen LogP contribution in [0.4, 0.5) is 0 Å². The summed E-state index contributed by atoms with van der Waals surface area (Å²) in [4.78, 5) is 5.79. The third-order valence-electron chi connectivity index (χ3n) is 4.23. The molecule has 4 heteroatoms. The maximum absolute atomic E-state index is 5.79. The Morgan fingerprint density at radius 3 is 2.54 bits per heavy atom. The second-order valence-corrected chi connectivity index (χ2v) is 7.31. The highest BCUT2D eigenvalue weighted by Gasteiger charge is 2.04. The van der Waals surface area contributed by atoms with Crippen LogP contribution in [0, 0.1) is 20.8 Å². The summed E-state index contributed by atoms with van der Waals surface area (Å²) in [6, 6.07) is 13.0. The topological polar surface area (TPSA) is 27.1 Å². The van der Waals surface area contributed by atoms with E-state index in [4.69, 9.17) is 4.74 Å². The van der Waals surface area contributed by atoms with Gasteiger partial charge in [0.05, 0.1) is 30.6 Å². The van der Waals surface area contributed by atoms with Gasteiger partial charge >= 0.3 is 0 Å². The van der Waals surface area contributed by atoms with Crippen LogP contribution in [0.5, 0.6) is 0 Å². The summed E-state index contributed by atoms with van der Waals surface area (Å²) in [7, 11) is 0. The lowest BCUT2D eigenvalue weighted by Gasteiger charge is -2.07. The van der Waals surface area contributed by atoms with Gasteiger partial charge < -0.3 is 9.30 Å². The van der Waals surface area contributed by atoms with Gasteiger partial charge in [0.15, 0.2) is 0 Å². The molecule has 0 N–H and O–H groups in total. The molecule has 0 aliphatic carbocycles. The summed E-state index contributed by atoms with van der Waals surface area (Å²) in [5, 5.41) is 0. The second-order valence-electron chi connectivity index (χ2n) is 6.14. The molecule has 3 nitrogen and oxygen atoms in total. The maximum atomic E-state index is 5.79. The van der Waals surface area contributed by atoms with Gasteiger partial charge in [-0.05, 0) is 56.2 Å². The third-order valence-corrected chi connectivity index (χ3v) is 5.21. The minimum Gasteiger partial charge on any atom is -0.379 e. The molecule has 0 atom stereocenters. The van der Waals surface area contributed by atoms with Crippen molar-refractivity contribution in [3.8, 4) is 0 Å². The predicted molar refractivity (Wildman–Crippen MR) is 102 cm³/mol. The lowest BCUT2D eigenvalue weighted by Crippen LogP contribution is -2.07. The first kappa shape index (κ1) is 17.1. The molecule has 0 fully saturated rings. The van der Waals surface area contributed by atoms with Gasteiger partial charge in [0.1, 0.15) is 0 Å². The summed E-state index contributed by atoms with van der Waals surface area (Å²) in [5.74, 6) is 0.978. The maximum Gasteiger partial charge on any atom is 0.0959 e. The number of ether oxygens (including phenoxy) is 1. The highest BCUT2D eigenvalue weighted by Crippen LogP contribution is 2.19. The number of thioether (sulfide) groups is 1. The SMILES string of the molecule is Cc1ccc(SCCOCCn2cnc3cc(C)c(C)cc32)cc1. The van der Waals surface area contributed by atoms with E-state index >= 15 is 0 Å². The zero-order valence-electron chi connectivity index (χ0n) is 14.6. The van der Waals surface area contributed by atoms with E-state index in [9.17, 15) is 0 Å². The van der Waals surface area contributed by atoms with Crippen LogP contribution >= 0.6 is 11.8 Å². The van der Waals surface area contributed by atoms with Gasteiger partial charge in [-0.1, -0.05) is 17.7 Å². The average Bonchev–Trinajstić information content (AvgIpc) is 2.95. The molecule has 0 aliphatic heterocycles. The molecule has 0 saturated heterocycles. The summed E-state index contributed by atoms with van der Waals surface area (Å²) in [5.41, 5.74) is 6.15. The van der Waals surface area contributed by atoms with Gasteiger partial charge in [0.2, 0.25) is 0 Å². The van der Waals surface area contributed by atoms with Gasteiger partial charge in [-0.2, -0.15) is 0 Å². The Bertz CT molecular complexity index is 808. The standard InChI is InChI=1S/C20H24N2OS/c1-15-4-6-18(7-5-15)24-11-10-23-9-8-22-14-21-19-12-16(2)17(3)13-20(19)22/h4-7,12-14H,8-11H2,1-3H3. The van der Waals surface area contributed by atoms with E-state index in [0.29, 0.717) is 6.61 Å². The number of fused-ring (bicyclic) bond motifs is 1. The van der Waals surface area contributed by atoms with E-state index in [2.05, 4.69) is 66.7 Å². The van der Waals surface area contributed by atoms with Gasteiger partial charge in [0.25, 0.3) is 0 Å². The van der Waals surface area contributed by atoms with Gasteiger partial charge in [-0.3, -0.25) is 0 Å². The van der Waals surface area contributed by atoms with E-state index < -0.39 is 0 Å². The first-order valence-corrected chi connectivity index (χ1v) is 9.31. The fourth-order valence-electron chi connectivity index (χ4n) is 2.61. The molecule has 1 heterocycles. The summed E-state index contributed by atoms with van der Waals surface area (Å²) < 4.78 is 7.96. The van der Waals surface area contributed by atoms with Crippen LogP contribution in [0.15, 0.2) is 47.6 Å². The second kappa shape index (κ2) is 7.86. The molecule has 0 unspecified atom stereocenters. The molecule has 24 heavy (non-hydrogen) atoms. The number of rotatable bonds is 7. The molecule has 3 rings (SSSR count). The lowest BCUT2D eigenvalue weighted by molar-refractivity contribution is 0.142. The summed E-state index contributed by atoms with van der Waals surface area (Å²) >= 11 is 1.84. The smallest absolute Gasteiger partial charge is 0.0959 e. The number of aromatic nitrogens is 2. The number of hydrogen-bond donors (Lipinski definition) is 0. The number of imidazole rings is 1. The molecule has 2 aromatic carbocycles. The van der Waals surface area contributed by atoms with E-state index in [1.807, 2.05) is 18.1 Å². The number of aryl methyl sites for hydroxylation is 3. The normalized spacial score (nSPS) is 11.3. The van der Waals surface area contributed by atoms with Crippen molar-refractivity contribution in [2.45, 2.75) is 32.2 Å². The van der Waals surface area contributed by atoms with Crippen LogP contribution in [0.3, 0.4) is 0 Å². The zero-order valence-corrected chi connectivity index (χ0v) is 15.4. The molecular weight excluding hydrogens is 316 g/mol. The zero-order chi connectivity index (χ0) is 16.9. The Labute approximate surface area is 148 Å². The molecule has 0 aliphatic rings. The first-order chi connectivity index (χ1) is 11.6. The minimum atomic E-state index is 0.715. The number of benzene rings is 2. The Kier molecular flexibility index (Phi) is 5.59. The van der Waals surface area contributed by atoms with Crippen LogP contribution in [0.1, 0.15) is 16.7 Å². The number of hydrogen-bond acceptors (Lipinski definition) is 3. The Morgan fingerprint density at radius 2 is 1.75 bits per heavy atom. The minimum absolute atomic E-state index is 0.715. The van der Waals surface area contributed by atoms with Crippen molar-refractivity contribution in [3.63, 3.8) is 0 Å². The largest absolute Gasteiger partial charge is 0.379 e. The molecule has 0 radical (unpaired) electrons. The van der Waals surface area contributed by atoms with Crippen molar-refractivity contribution in [3.05, 3.63) is 59.4 Å². The van der Waals surface area contributed by atoms with E-state index in [-0.39, 0.29) is 0 Å². The molecule has 126 valence electrons. The molecule has 0 spiro atoms. The molecule has 3 aromatic rings. The van der Waals surface area contributed by atoms with Gasteiger partial charge in [0, 0.05) is 17.2 Å². The third kappa shape index (κ3) is 4.19. The molecule has 1 aromatic heterocycles. The quantitative estimate of drug-likeness (QED) is 0.458. The first-order valence-electron chi connectivity index (χ1n) is 8.33.